The van der Waals surface area contributed by atoms with Crippen LogP contribution in [0.15, 0.2) is 12.2 Å². The van der Waals surface area contributed by atoms with E-state index in [0.717, 1.165) is 0 Å². The van der Waals surface area contributed by atoms with E-state index in [4.69, 9.17) is 10.3 Å². The van der Waals surface area contributed by atoms with E-state index in [1.54, 1.807) is 13.8 Å². The van der Waals surface area contributed by atoms with Gasteiger partial charge >= 0.3 is 0 Å². The highest BCUT2D eigenvalue weighted by atomic mass is 32.2. The van der Waals surface area contributed by atoms with Crippen LogP contribution >= 0.6 is 0 Å². The van der Waals surface area contributed by atoms with Gasteiger partial charge in [-0.25, -0.2) is 0 Å². The summed E-state index contributed by atoms with van der Waals surface area (Å²) in [6.45, 7) is 6.32. The van der Waals surface area contributed by atoms with Gasteiger partial charge in [0, 0.05) is 5.57 Å². The molecule has 0 aromatic rings. The Morgan fingerprint density at radius 3 is 1.92 bits per heavy atom. The van der Waals surface area contributed by atoms with Crippen LogP contribution in [0.25, 0.3) is 0 Å². The Bertz CT molecular complexity index is 317. The van der Waals surface area contributed by atoms with E-state index in [0.29, 0.717) is 0 Å². The molecule has 0 rings (SSSR count). The fraction of sp³-hybridized carbons (Fsp3) is 0.571. The predicted molar refractivity (Wildman–Crippen MR) is 48.5 cm³/mol. The zero-order valence-electron chi connectivity index (χ0n) is 7.52. The van der Waals surface area contributed by atoms with E-state index in [1.165, 1.54) is 0 Å². The van der Waals surface area contributed by atoms with Crippen LogP contribution < -0.4 is 5.73 Å². The van der Waals surface area contributed by atoms with Crippen molar-refractivity contribution in [2.45, 2.75) is 19.1 Å². The number of hydrogen-bond acceptors (Lipinski definition) is 3. The maximum atomic E-state index is 10.8. The normalized spacial score (nSPS) is 14.2. The molecule has 13 heavy (non-hydrogen) atoms. The van der Waals surface area contributed by atoms with Gasteiger partial charge in [0.05, 0.1) is 0 Å². The third-order valence-corrected chi connectivity index (χ3v) is 3.06. The molecule has 0 aliphatic heterocycles. The third kappa shape index (κ3) is 3.16. The van der Waals surface area contributed by atoms with Crippen molar-refractivity contribution in [3.8, 4) is 0 Å². The van der Waals surface area contributed by atoms with Crippen LogP contribution in [0.4, 0.5) is 0 Å². The van der Waals surface area contributed by atoms with Gasteiger partial charge in [0.25, 0.3) is 10.1 Å². The second kappa shape index (κ2) is 3.89. The highest BCUT2D eigenvalue weighted by molar-refractivity contribution is 7.86. The molecule has 0 heterocycles. The molecule has 76 valence electrons. The molecule has 0 aromatic carbocycles. The first kappa shape index (κ1) is 12.1. The standard InChI is InChI=1S/C7H13NO4S/c1-4(2)6(13(10,11)12)5(3)7(8)9/h4,6H,3H2,1-2H3,(H2,8,9)(H,10,11,12). The lowest BCUT2D eigenvalue weighted by atomic mass is 10.0. The summed E-state index contributed by atoms with van der Waals surface area (Å²) in [5.74, 6) is -1.37. The van der Waals surface area contributed by atoms with Crippen molar-refractivity contribution in [2.24, 2.45) is 11.7 Å². The molecule has 1 amide bonds. The van der Waals surface area contributed by atoms with Gasteiger partial charge in [-0.1, -0.05) is 20.4 Å². The van der Waals surface area contributed by atoms with Gasteiger partial charge < -0.3 is 5.73 Å². The smallest absolute Gasteiger partial charge is 0.272 e. The molecule has 0 aliphatic rings. The Morgan fingerprint density at radius 1 is 1.46 bits per heavy atom. The fourth-order valence-electron chi connectivity index (χ4n) is 1.07. The monoisotopic (exact) mass is 207 g/mol. The molecule has 0 aromatic heterocycles. The molecule has 5 nitrogen and oxygen atoms in total. The molecule has 0 bridgehead atoms. The van der Waals surface area contributed by atoms with Gasteiger partial charge in [0.15, 0.2) is 0 Å². The van der Waals surface area contributed by atoms with E-state index < -0.39 is 27.2 Å². The minimum Gasteiger partial charge on any atom is -0.366 e. The van der Waals surface area contributed by atoms with Gasteiger partial charge in [-0.15, -0.1) is 0 Å². The molecule has 0 radical (unpaired) electrons. The number of primary amides is 1. The first-order valence-electron chi connectivity index (χ1n) is 3.62. The van der Waals surface area contributed by atoms with Crippen molar-refractivity contribution in [2.75, 3.05) is 0 Å². The second-order valence-electron chi connectivity index (χ2n) is 3.07. The Labute approximate surface area is 77.4 Å². The number of carbonyl (C=O) groups excluding carboxylic acids is 1. The van der Waals surface area contributed by atoms with Crippen LogP contribution in [-0.2, 0) is 14.9 Å². The molecular formula is C7H13NO4S. The largest absolute Gasteiger partial charge is 0.366 e. The minimum atomic E-state index is -4.31. The summed E-state index contributed by atoms with van der Waals surface area (Å²) in [6, 6.07) is 0. The predicted octanol–water partition coefficient (Wildman–Crippen LogP) is -0.0597. The lowest BCUT2D eigenvalue weighted by molar-refractivity contribution is -0.114. The van der Waals surface area contributed by atoms with E-state index in [1.807, 2.05) is 0 Å². The second-order valence-corrected chi connectivity index (χ2v) is 4.61. The van der Waals surface area contributed by atoms with Gasteiger partial charge in [-0.2, -0.15) is 8.42 Å². The maximum Gasteiger partial charge on any atom is 0.272 e. The molecule has 0 fully saturated rings. The average Bonchev–Trinajstić information content (AvgIpc) is 1.82. The summed E-state index contributed by atoms with van der Waals surface area (Å²) in [5, 5.41) is -1.31. The van der Waals surface area contributed by atoms with Crippen LogP contribution in [0.3, 0.4) is 0 Å². The number of hydrogen-bond donors (Lipinski definition) is 2. The van der Waals surface area contributed by atoms with Crippen LogP contribution in [-0.4, -0.2) is 24.1 Å². The van der Waals surface area contributed by atoms with Crippen molar-refractivity contribution < 1.29 is 17.8 Å². The number of nitrogens with two attached hydrogens (primary N) is 1. The summed E-state index contributed by atoms with van der Waals surface area (Å²) >= 11 is 0. The lowest BCUT2D eigenvalue weighted by Gasteiger charge is -2.17. The Morgan fingerprint density at radius 2 is 1.85 bits per heavy atom. The van der Waals surface area contributed by atoms with Crippen molar-refractivity contribution in [3.63, 3.8) is 0 Å². The molecular weight excluding hydrogens is 194 g/mol. The lowest BCUT2D eigenvalue weighted by Crippen LogP contribution is -2.34. The molecule has 0 saturated carbocycles. The molecule has 0 spiro atoms. The quantitative estimate of drug-likeness (QED) is 0.498. The minimum absolute atomic E-state index is 0.294. The topological polar surface area (TPSA) is 97.5 Å². The summed E-state index contributed by atoms with van der Waals surface area (Å²) < 4.78 is 30.4. The van der Waals surface area contributed by atoms with Crippen molar-refractivity contribution in [1.29, 1.82) is 0 Å². The number of amides is 1. The third-order valence-electron chi connectivity index (χ3n) is 1.59. The van der Waals surface area contributed by atoms with Crippen molar-refractivity contribution >= 4 is 16.0 Å². The van der Waals surface area contributed by atoms with Gasteiger partial charge in [0.1, 0.15) is 5.25 Å². The molecule has 3 N–H and O–H groups in total. The van der Waals surface area contributed by atoms with Crippen LogP contribution in [0.1, 0.15) is 13.8 Å². The van der Waals surface area contributed by atoms with Gasteiger partial charge in [-0.3, -0.25) is 9.35 Å². The Hall–Kier alpha value is -0.880. The van der Waals surface area contributed by atoms with Gasteiger partial charge in [0.2, 0.25) is 5.91 Å². The van der Waals surface area contributed by atoms with E-state index in [9.17, 15) is 13.2 Å². The highest BCUT2D eigenvalue weighted by Gasteiger charge is 2.31. The zero-order valence-corrected chi connectivity index (χ0v) is 8.34. The Kier molecular flexibility index (Phi) is 3.62. The molecule has 1 atom stereocenters. The van der Waals surface area contributed by atoms with E-state index in [2.05, 4.69) is 6.58 Å². The number of carbonyl (C=O) groups is 1. The van der Waals surface area contributed by atoms with E-state index in [-0.39, 0.29) is 5.57 Å². The average molecular weight is 207 g/mol. The van der Waals surface area contributed by atoms with Gasteiger partial charge in [-0.05, 0) is 5.92 Å². The maximum absolute atomic E-state index is 10.8. The van der Waals surface area contributed by atoms with Crippen molar-refractivity contribution in [1.82, 2.24) is 0 Å². The zero-order chi connectivity index (χ0) is 10.8. The van der Waals surface area contributed by atoms with E-state index >= 15 is 0 Å². The first-order chi connectivity index (χ1) is 5.68. The SMILES string of the molecule is C=C(C(N)=O)C(C(C)C)S(=O)(=O)O. The first-order valence-corrected chi connectivity index (χ1v) is 5.13. The summed E-state index contributed by atoms with van der Waals surface area (Å²) in [4.78, 5) is 10.6. The molecule has 0 saturated heterocycles. The number of rotatable bonds is 4. The fourth-order valence-corrected chi connectivity index (χ4v) is 2.23. The molecule has 0 aliphatic carbocycles. The van der Waals surface area contributed by atoms with Crippen LogP contribution in [0, 0.1) is 5.92 Å². The summed E-state index contributed by atoms with van der Waals surface area (Å²) in [6.07, 6.45) is 0. The Balaban J connectivity index is 5.07. The van der Waals surface area contributed by atoms with Crippen LogP contribution in [0.5, 0.6) is 0 Å². The van der Waals surface area contributed by atoms with Crippen molar-refractivity contribution in [3.05, 3.63) is 12.2 Å². The summed E-state index contributed by atoms with van der Waals surface area (Å²) in [5.41, 5.74) is 4.56. The highest BCUT2D eigenvalue weighted by Crippen LogP contribution is 2.18. The summed E-state index contributed by atoms with van der Waals surface area (Å²) in [7, 11) is -4.31. The molecule has 1 unspecified atom stereocenters. The van der Waals surface area contributed by atoms with Crippen LogP contribution in [0.2, 0.25) is 0 Å². The molecule has 6 heteroatoms.